The number of nitrogens with zero attached hydrogens (tertiary/aromatic N) is 2. The molecule has 39 heavy (non-hydrogen) atoms. The van der Waals surface area contributed by atoms with E-state index in [2.05, 4.69) is 74.3 Å². The van der Waals surface area contributed by atoms with Crippen LogP contribution in [0.1, 0.15) is 26.3 Å². The maximum absolute atomic E-state index is 12.9. The third kappa shape index (κ3) is 8.13. The lowest BCUT2D eigenvalue weighted by Crippen LogP contribution is -2.13. The summed E-state index contributed by atoms with van der Waals surface area (Å²) in [6.07, 6.45) is 6.81. The van der Waals surface area contributed by atoms with Gasteiger partial charge in [0.1, 0.15) is 6.61 Å². The van der Waals surface area contributed by atoms with Gasteiger partial charge >= 0.3 is 5.97 Å². The molecule has 0 aliphatic rings. The molecule has 11 heteroatoms. The van der Waals surface area contributed by atoms with Crippen LogP contribution in [0.15, 0.2) is 86.3 Å². The predicted octanol–water partition coefficient (Wildman–Crippen LogP) is 7.13. The number of nitrogens with one attached hydrogen (secondary N) is 2. The predicted molar refractivity (Wildman–Crippen MR) is 159 cm³/mol. The van der Waals surface area contributed by atoms with Gasteiger partial charge < -0.3 is 20.1 Å². The summed E-state index contributed by atoms with van der Waals surface area (Å²) in [6, 6.07) is 19.1. The van der Waals surface area contributed by atoms with E-state index in [0.717, 1.165) is 8.95 Å². The first-order valence-corrected chi connectivity index (χ1v) is 13.7. The third-order valence-electron chi connectivity index (χ3n) is 5.03. The normalized spacial score (nSPS) is 10.3. The number of amides is 1. The lowest BCUT2D eigenvalue weighted by atomic mass is 10.1. The summed E-state index contributed by atoms with van der Waals surface area (Å²) in [5.41, 5.74) is 2.51. The molecule has 8 nitrogen and oxygen atoms in total. The Bertz CT molecular complexity index is 1570. The van der Waals surface area contributed by atoms with Crippen molar-refractivity contribution in [3.05, 3.63) is 103 Å². The Balaban J connectivity index is 1.59. The molecule has 0 radical (unpaired) electrons. The molecule has 4 aromatic rings. The van der Waals surface area contributed by atoms with E-state index in [1.807, 2.05) is 12.1 Å². The van der Waals surface area contributed by atoms with Crippen LogP contribution in [0.5, 0.6) is 5.88 Å². The molecular formula is C28H19Br3N4O4. The van der Waals surface area contributed by atoms with Crippen LogP contribution >= 0.6 is 47.8 Å². The molecule has 4 rings (SSSR count). The van der Waals surface area contributed by atoms with Crippen LogP contribution in [0, 0.1) is 12.3 Å². The second-order valence-corrected chi connectivity index (χ2v) is 10.6. The third-order valence-corrected chi connectivity index (χ3v) is 6.56. The fourth-order valence-electron chi connectivity index (χ4n) is 3.35. The summed E-state index contributed by atoms with van der Waals surface area (Å²) in [5.74, 6) is 2.10. The van der Waals surface area contributed by atoms with Gasteiger partial charge in [0.05, 0.1) is 16.2 Å². The van der Waals surface area contributed by atoms with Crippen LogP contribution in [-0.2, 0) is 11.3 Å². The summed E-state index contributed by atoms with van der Waals surface area (Å²) in [5, 5.41) is 5.98. The van der Waals surface area contributed by atoms with E-state index in [4.69, 9.17) is 15.9 Å². The number of carbonyl (C=O) groups excluding carboxylic acids is 2. The Kier molecular flexibility index (Phi) is 9.70. The Morgan fingerprint density at radius 1 is 0.923 bits per heavy atom. The first-order chi connectivity index (χ1) is 18.8. The molecule has 2 N–H and O–H groups in total. The van der Waals surface area contributed by atoms with Crippen LogP contribution < -0.4 is 15.4 Å². The molecule has 196 valence electrons. The highest BCUT2D eigenvalue weighted by atomic mass is 79.9. The number of rotatable bonds is 9. The van der Waals surface area contributed by atoms with Crippen molar-refractivity contribution in [3.8, 4) is 18.2 Å². The van der Waals surface area contributed by atoms with Gasteiger partial charge in [-0.3, -0.25) is 4.79 Å². The SMILES string of the molecule is C#CCOc1nc(Nc2cc(COC(=O)c3cccc(Br)c3)cc(NC(=O)c3cccc(Br)c3)c2)ncc1Br. The number of hydrogen-bond donors (Lipinski definition) is 2. The molecule has 0 fully saturated rings. The van der Waals surface area contributed by atoms with E-state index in [1.54, 1.807) is 54.6 Å². The minimum atomic E-state index is -0.485. The number of halogens is 3. The fraction of sp³-hybridized carbons (Fsp3) is 0.0714. The van der Waals surface area contributed by atoms with Gasteiger partial charge in [-0.15, -0.1) is 6.42 Å². The van der Waals surface area contributed by atoms with E-state index in [-0.39, 0.29) is 30.9 Å². The first kappa shape index (κ1) is 28.3. The Hall–Kier alpha value is -3.72. The van der Waals surface area contributed by atoms with Crippen molar-refractivity contribution < 1.29 is 19.1 Å². The average molecular weight is 715 g/mol. The average Bonchev–Trinajstić information content (AvgIpc) is 2.92. The molecular weight excluding hydrogens is 696 g/mol. The Morgan fingerprint density at radius 3 is 2.33 bits per heavy atom. The van der Waals surface area contributed by atoms with Crippen LogP contribution in [0.2, 0.25) is 0 Å². The highest BCUT2D eigenvalue weighted by molar-refractivity contribution is 9.11. The van der Waals surface area contributed by atoms with E-state index in [0.29, 0.717) is 32.5 Å². The van der Waals surface area contributed by atoms with Gasteiger partial charge in [-0.2, -0.15) is 4.98 Å². The van der Waals surface area contributed by atoms with Crippen molar-refractivity contribution in [1.82, 2.24) is 9.97 Å². The minimum absolute atomic E-state index is 0.0413. The van der Waals surface area contributed by atoms with Gasteiger partial charge in [-0.05, 0) is 76.1 Å². The second-order valence-electron chi connectivity index (χ2n) is 7.93. The van der Waals surface area contributed by atoms with Crippen molar-refractivity contribution in [2.45, 2.75) is 6.61 Å². The lowest BCUT2D eigenvalue weighted by molar-refractivity contribution is 0.0472. The van der Waals surface area contributed by atoms with Crippen LogP contribution in [-0.4, -0.2) is 28.5 Å². The van der Waals surface area contributed by atoms with Crippen LogP contribution in [0.3, 0.4) is 0 Å². The molecule has 1 aromatic heterocycles. The molecule has 1 amide bonds. The molecule has 0 unspecified atom stereocenters. The molecule has 0 aliphatic carbocycles. The number of benzene rings is 3. The number of terminal acetylenes is 1. The quantitative estimate of drug-likeness (QED) is 0.141. The molecule has 3 aromatic carbocycles. The van der Waals surface area contributed by atoms with Crippen molar-refractivity contribution >= 4 is 77.0 Å². The van der Waals surface area contributed by atoms with E-state index in [9.17, 15) is 9.59 Å². The van der Waals surface area contributed by atoms with Crippen molar-refractivity contribution in [3.63, 3.8) is 0 Å². The number of anilines is 3. The summed E-state index contributed by atoms with van der Waals surface area (Å²) in [7, 11) is 0. The minimum Gasteiger partial charge on any atom is -0.464 e. The number of esters is 1. The summed E-state index contributed by atoms with van der Waals surface area (Å²) in [4.78, 5) is 34.1. The van der Waals surface area contributed by atoms with Gasteiger partial charge in [0.25, 0.3) is 5.91 Å². The maximum atomic E-state index is 12.9. The zero-order valence-corrected chi connectivity index (χ0v) is 24.8. The van der Waals surface area contributed by atoms with E-state index in [1.165, 1.54) is 6.20 Å². The molecule has 1 heterocycles. The number of hydrogen-bond acceptors (Lipinski definition) is 7. The van der Waals surface area contributed by atoms with Gasteiger partial charge in [-0.25, -0.2) is 9.78 Å². The Labute approximate surface area is 249 Å². The monoisotopic (exact) mass is 712 g/mol. The molecule has 0 atom stereocenters. The highest BCUT2D eigenvalue weighted by Crippen LogP contribution is 2.27. The lowest BCUT2D eigenvalue weighted by Gasteiger charge is -2.13. The summed E-state index contributed by atoms with van der Waals surface area (Å²) < 4.78 is 13.1. The smallest absolute Gasteiger partial charge is 0.338 e. The standard InChI is InChI=1S/C28H19Br3N4O4/c1-2-9-38-26-24(31)15-32-28(35-26)34-23-11-17(16-39-27(37)19-6-4-8-21(30)13-19)10-22(14-23)33-25(36)18-5-3-7-20(29)12-18/h1,3-8,10-15H,9,16H2,(H,33,36)(H,32,34,35). The zero-order chi connectivity index (χ0) is 27.8. The highest BCUT2D eigenvalue weighted by Gasteiger charge is 2.13. The largest absolute Gasteiger partial charge is 0.464 e. The van der Waals surface area contributed by atoms with Crippen LogP contribution in [0.25, 0.3) is 0 Å². The zero-order valence-electron chi connectivity index (χ0n) is 20.1. The molecule has 0 saturated carbocycles. The van der Waals surface area contributed by atoms with Gasteiger partial charge in [0.2, 0.25) is 11.8 Å². The van der Waals surface area contributed by atoms with E-state index >= 15 is 0 Å². The van der Waals surface area contributed by atoms with Crippen molar-refractivity contribution in [2.24, 2.45) is 0 Å². The molecule has 0 aliphatic heterocycles. The molecule has 0 saturated heterocycles. The topological polar surface area (TPSA) is 102 Å². The fourth-order valence-corrected chi connectivity index (χ4v) is 4.46. The van der Waals surface area contributed by atoms with Crippen LogP contribution in [0.4, 0.5) is 17.3 Å². The Morgan fingerprint density at radius 2 is 1.62 bits per heavy atom. The second kappa shape index (κ2) is 13.4. The number of carbonyl (C=O) groups is 2. The number of ether oxygens (including phenoxy) is 2. The van der Waals surface area contributed by atoms with Gasteiger partial charge in [0, 0.05) is 25.9 Å². The van der Waals surface area contributed by atoms with Gasteiger partial charge in [-0.1, -0.05) is 49.9 Å². The maximum Gasteiger partial charge on any atom is 0.338 e. The van der Waals surface area contributed by atoms with E-state index < -0.39 is 5.97 Å². The summed E-state index contributed by atoms with van der Waals surface area (Å²) >= 11 is 10.1. The van der Waals surface area contributed by atoms with Crippen molar-refractivity contribution in [2.75, 3.05) is 17.2 Å². The van der Waals surface area contributed by atoms with Crippen molar-refractivity contribution in [1.29, 1.82) is 0 Å². The first-order valence-electron chi connectivity index (χ1n) is 11.3. The molecule has 0 spiro atoms. The number of aromatic nitrogens is 2. The molecule has 0 bridgehead atoms. The summed E-state index contributed by atoms with van der Waals surface area (Å²) in [6.45, 7) is -0.00196. The van der Waals surface area contributed by atoms with Gasteiger partial charge in [0.15, 0.2) is 6.61 Å².